The van der Waals surface area contributed by atoms with Crippen LogP contribution in [0.5, 0.6) is 0 Å². The number of aliphatic carboxylic acids is 1. The molecule has 0 saturated heterocycles. The van der Waals surface area contributed by atoms with Crippen molar-refractivity contribution in [1.82, 2.24) is 0 Å². The highest BCUT2D eigenvalue weighted by Crippen LogP contribution is 2.17. The predicted molar refractivity (Wildman–Crippen MR) is 191 cm³/mol. The molecule has 256 valence electrons. The molecule has 0 aliphatic heterocycles. The second kappa shape index (κ2) is 37.4. The monoisotopic (exact) mass is 604 g/mol. The van der Waals surface area contributed by atoms with Crippen LogP contribution in [0, 0.1) is 0 Å². The van der Waals surface area contributed by atoms with E-state index < -0.39 is 5.97 Å². The summed E-state index contributed by atoms with van der Waals surface area (Å²) in [5, 5.41) is 11.5. The molecule has 0 radical (unpaired) electrons. The zero-order valence-electron chi connectivity index (χ0n) is 29.8. The number of hydrogen-bond donors (Lipinski definition) is 0. The third-order valence-electron chi connectivity index (χ3n) is 9.51. The first-order valence-electron chi connectivity index (χ1n) is 20.1. The van der Waals surface area contributed by atoms with Crippen LogP contribution in [0.4, 0.5) is 0 Å². The van der Waals surface area contributed by atoms with Crippen molar-refractivity contribution in [3.05, 3.63) is 11.6 Å². The number of allylic oxidation sites excluding steroid dienone is 1. The number of rotatable bonds is 37. The van der Waals surface area contributed by atoms with Gasteiger partial charge in [-0.25, -0.2) is 0 Å². The van der Waals surface area contributed by atoms with Crippen LogP contribution in [0.15, 0.2) is 11.6 Å². The van der Waals surface area contributed by atoms with Crippen LogP contribution < -0.4 is 5.11 Å². The number of carbonyl (C=O) groups is 1. The Hall–Kier alpha value is -0.790. The van der Waals surface area contributed by atoms with Crippen molar-refractivity contribution < 1.29 is 9.90 Å². The van der Waals surface area contributed by atoms with E-state index in [0.29, 0.717) is 12.0 Å². The first kappa shape index (κ1) is 42.2. The predicted octanol–water partition coefficient (Wildman–Crippen LogP) is 13.7. The fourth-order valence-electron chi connectivity index (χ4n) is 6.47. The number of carboxylic acid groups (broad SMARTS) is 1. The van der Waals surface area contributed by atoms with Crippen molar-refractivity contribution in [2.75, 3.05) is 0 Å². The van der Waals surface area contributed by atoms with Crippen LogP contribution in [0.2, 0.25) is 0 Å². The summed E-state index contributed by atoms with van der Waals surface area (Å²) < 4.78 is 0. The molecule has 43 heavy (non-hydrogen) atoms. The van der Waals surface area contributed by atoms with Gasteiger partial charge < -0.3 is 9.90 Å². The van der Waals surface area contributed by atoms with Gasteiger partial charge in [0.25, 0.3) is 0 Å². The average molecular weight is 604 g/mol. The molecule has 0 spiro atoms. The van der Waals surface area contributed by atoms with Gasteiger partial charge in [0.15, 0.2) is 0 Å². The quantitative estimate of drug-likeness (QED) is 0.0523. The zero-order valence-corrected chi connectivity index (χ0v) is 29.8. The van der Waals surface area contributed by atoms with Gasteiger partial charge in [0.2, 0.25) is 0 Å². The minimum Gasteiger partial charge on any atom is -0.545 e. The Morgan fingerprint density at radius 3 is 0.860 bits per heavy atom. The lowest BCUT2D eigenvalue weighted by molar-refractivity contribution is -0.299. The molecule has 0 aromatic heterocycles. The standard InChI is InChI=1S/C41H80O2/c1-3-5-7-9-11-13-15-17-19-21-22-23-25-27-29-31-33-35-37-39-40(41(42)43)38-36-34-32-30-28-26-24-20-18-16-14-12-10-8-6-4-2/h39H,3-38H2,1-2H3,(H,42,43)/p-1/b40-39-. The molecule has 0 fully saturated rings. The molecule has 0 aliphatic rings. The summed E-state index contributed by atoms with van der Waals surface area (Å²) in [4.78, 5) is 11.5. The number of carbonyl (C=O) groups excluding carboxylic acids is 1. The molecule has 0 unspecified atom stereocenters. The van der Waals surface area contributed by atoms with Crippen LogP contribution in [0.25, 0.3) is 0 Å². The van der Waals surface area contributed by atoms with E-state index in [1.54, 1.807) is 0 Å². The maximum atomic E-state index is 11.5. The van der Waals surface area contributed by atoms with E-state index >= 15 is 0 Å². The lowest BCUT2D eigenvalue weighted by Gasteiger charge is -2.09. The molecular formula is C41H79O2-. The summed E-state index contributed by atoms with van der Waals surface area (Å²) >= 11 is 0. The van der Waals surface area contributed by atoms with Gasteiger partial charge in [-0.1, -0.05) is 225 Å². The van der Waals surface area contributed by atoms with E-state index in [-0.39, 0.29) is 0 Å². The molecule has 0 saturated carbocycles. The third-order valence-corrected chi connectivity index (χ3v) is 9.51. The molecule has 0 atom stereocenters. The zero-order chi connectivity index (χ0) is 31.3. The summed E-state index contributed by atoms with van der Waals surface area (Å²) in [5.41, 5.74) is 0.553. The van der Waals surface area contributed by atoms with Crippen molar-refractivity contribution in [3.8, 4) is 0 Å². The second-order valence-electron chi connectivity index (χ2n) is 13.9. The summed E-state index contributed by atoms with van der Waals surface area (Å²) in [7, 11) is 0. The van der Waals surface area contributed by atoms with Crippen LogP contribution in [0.3, 0.4) is 0 Å². The van der Waals surface area contributed by atoms with E-state index in [0.717, 1.165) is 25.7 Å². The van der Waals surface area contributed by atoms with E-state index in [4.69, 9.17) is 0 Å². The molecule has 0 amide bonds. The van der Waals surface area contributed by atoms with Gasteiger partial charge in [-0.15, -0.1) is 0 Å². The molecule has 0 rings (SSSR count). The van der Waals surface area contributed by atoms with E-state index in [1.807, 2.05) is 6.08 Å². The van der Waals surface area contributed by atoms with Crippen LogP contribution in [0.1, 0.15) is 245 Å². The van der Waals surface area contributed by atoms with Crippen molar-refractivity contribution >= 4 is 5.97 Å². The van der Waals surface area contributed by atoms with Crippen molar-refractivity contribution in [2.24, 2.45) is 0 Å². The second-order valence-corrected chi connectivity index (χ2v) is 13.9. The smallest absolute Gasteiger partial charge is 0.0671 e. The minimum absolute atomic E-state index is 0.553. The average Bonchev–Trinajstić information content (AvgIpc) is 3.00. The molecular weight excluding hydrogens is 524 g/mol. The highest BCUT2D eigenvalue weighted by molar-refractivity contribution is 5.84. The molecule has 0 N–H and O–H groups in total. The maximum Gasteiger partial charge on any atom is 0.0671 e. The fourth-order valence-corrected chi connectivity index (χ4v) is 6.47. The molecule has 0 heterocycles. The molecule has 2 heteroatoms. The van der Waals surface area contributed by atoms with Gasteiger partial charge in [0.05, 0.1) is 5.97 Å². The van der Waals surface area contributed by atoms with Crippen molar-refractivity contribution in [2.45, 2.75) is 245 Å². The van der Waals surface area contributed by atoms with Crippen LogP contribution in [-0.4, -0.2) is 5.97 Å². The van der Waals surface area contributed by atoms with Crippen LogP contribution in [-0.2, 0) is 4.79 Å². The number of carboxylic acids is 1. The normalized spacial score (nSPS) is 11.9. The first-order valence-corrected chi connectivity index (χ1v) is 20.1. The summed E-state index contributed by atoms with van der Waals surface area (Å²) in [6.45, 7) is 4.58. The molecule has 0 bridgehead atoms. The van der Waals surface area contributed by atoms with E-state index in [1.165, 1.54) is 199 Å². The Morgan fingerprint density at radius 1 is 0.372 bits per heavy atom. The summed E-state index contributed by atoms with van der Waals surface area (Å²) in [6.07, 6.45) is 50.1. The third kappa shape index (κ3) is 35.6. The maximum absolute atomic E-state index is 11.5. The van der Waals surface area contributed by atoms with E-state index in [2.05, 4.69) is 13.8 Å². The van der Waals surface area contributed by atoms with Crippen LogP contribution >= 0.6 is 0 Å². The van der Waals surface area contributed by atoms with Gasteiger partial charge in [-0.05, 0) is 31.3 Å². The topological polar surface area (TPSA) is 40.1 Å². The van der Waals surface area contributed by atoms with Gasteiger partial charge >= 0.3 is 0 Å². The van der Waals surface area contributed by atoms with E-state index in [9.17, 15) is 9.90 Å². The van der Waals surface area contributed by atoms with Gasteiger partial charge in [0.1, 0.15) is 0 Å². The summed E-state index contributed by atoms with van der Waals surface area (Å²) in [5.74, 6) is -0.941. The van der Waals surface area contributed by atoms with Gasteiger partial charge in [-0.3, -0.25) is 0 Å². The Morgan fingerprint density at radius 2 is 0.605 bits per heavy atom. The fraction of sp³-hybridized carbons (Fsp3) is 0.927. The lowest BCUT2D eigenvalue weighted by Crippen LogP contribution is -2.24. The summed E-state index contributed by atoms with van der Waals surface area (Å²) in [6, 6.07) is 0. The van der Waals surface area contributed by atoms with Crippen molar-refractivity contribution in [1.29, 1.82) is 0 Å². The Kier molecular flexibility index (Phi) is 36.7. The molecule has 0 aromatic carbocycles. The first-order chi connectivity index (χ1) is 21.2. The molecule has 0 aromatic rings. The van der Waals surface area contributed by atoms with Crippen molar-refractivity contribution in [3.63, 3.8) is 0 Å². The SMILES string of the molecule is CCCCCCCCCCCCCCCCCCCC/C=C(/CCCCCCCCCCCCCCCCCC)C(=O)[O-]. The Balaban J connectivity index is 3.43. The number of hydrogen-bond acceptors (Lipinski definition) is 2. The highest BCUT2D eigenvalue weighted by Gasteiger charge is 2.01. The van der Waals surface area contributed by atoms with Gasteiger partial charge in [0, 0.05) is 0 Å². The largest absolute Gasteiger partial charge is 0.545 e. The Bertz CT molecular complexity index is 566. The van der Waals surface area contributed by atoms with Gasteiger partial charge in [-0.2, -0.15) is 0 Å². The number of unbranched alkanes of at least 4 members (excludes halogenated alkanes) is 33. The minimum atomic E-state index is -0.941. The lowest BCUT2D eigenvalue weighted by atomic mass is 10.0. The Labute approximate surface area is 272 Å². The molecule has 0 aliphatic carbocycles. The molecule has 2 nitrogen and oxygen atoms in total. The highest BCUT2D eigenvalue weighted by atomic mass is 16.4.